The number of rotatable bonds is 4. The molecule has 0 aliphatic carbocycles. The van der Waals surface area contributed by atoms with Gasteiger partial charge in [-0.1, -0.05) is 86.4 Å². The summed E-state index contributed by atoms with van der Waals surface area (Å²) in [5.41, 5.74) is 2.29. The Balaban J connectivity index is 1.98. The van der Waals surface area contributed by atoms with E-state index in [9.17, 15) is 14.7 Å². The van der Waals surface area contributed by atoms with Crippen LogP contribution >= 0.6 is 23.2 Å². The number of amides is 1. The first-order valence-electron chi connectivity index (χ1n) is 11.0. The Labute approximate surface area is 214 Å². The number of aliphatic hydroxyl groups excluding tert-OH is 1. The molecule has 3 aromatic rings. The molecule has 0 radical (unpaired) electrons. The van der Waals surface area contributed by atoms with Crippen LogP contribution in [0.2, 0.25) is 10.0 Å². The largest absolute Gasteiger partial charge is 0.507 e. The first-order chi connectivity index (χ1) is 16.5. The van der Waals surface area contributed by atoms with Gasteiger partial charge in [0.1, 0.15) is 11.5 Å². The fourth-order valence-corrected chi connectivity index (χ4v) is 4.83. The highest BCUT2D eigenvalue weighted by atomic mass is 35.5. The zero-order valence-corrected chi connectivity index (χ0v) is 21.3. The molecule has 3 aromatic carbocycles. The number of anilines is 1. The highest BCUT2D eigenvalue weighted by Gasteiger charge is 2.47. The molecule has 180 valence electrons. The summed E-state index contributed by atoms with van der Waals surface area (Å²) in [6.07, 6.45) is 0. The second-order valence-electron chi connectivity index (χ2n) is 9.35. The maximum absolute atomic E-state index is 13.4. The molecule has 1 amide bonds. The van der Waals surface area contributed by atoms with Crippen molar-refractivity contribution in [1.29, 1.82) is 0 Å². The third-order valence-corrected chi connectivity index (χ3v) is 6.54. The standard InChI is InChI=1S/C28H25Cl2NO4/c1-28(2,3)17-12-10-16(11-13-17)23-22(24(32)20-14-18(29)15-21(30)26(20)35-4)25(33)27(34)31(23)19-8-6-5-7-9-19/h5-15,23,32H,1-4H3/b24-22+. The summed E-state index contributed by atoms with van der Waals surface area (Å²) < 4.78 is 5.38. The van der Waals surface area contributed by atoms with Crippen LogP contribution in [0.1, 0.15) is 43.5 Å². The van der Waals surface area contributed by atoms with Gasteiger partial charge in [-0.3, -0.25) is 14.5 Å². The smallest absolute Gasteiger partial charge is 0.300 e. The molecular weight excluding hydrogens is 485 g/mol. The van der Waals surface area contributed by atoms with E-state index in [2.05, 4.69) is 20.8 Å². The number of ketones is 1. The predicted molar refractivity (Wildman–Crippen MR) is 139 cm³/mol. The van der Waals surface area contributed by atoms with Crippen molar-refractivity contribution in [2.45, 2.75) is 32.2 Å². The van der Waals surface area contributed by atoms with Gasteiger partial charge < -0.3 is 9.84 Å². The summed E-state index contributed by atoms with van der Waals surface area (Å²) in [5, 5.41) is 11.9. The average molecular weight is 510 g/mol. The molecule has 5 nitrogen and oxygen atoms in total. The van der Waals surface area contributed by atoms with Gasteiger partial charge >= 0.3 is 0 Å². The zero-order valence-electron chi connectivity index (χ0n) is 19.8. The number of nitrogens with zero attached hydrogens (tertiary/aromatic N) is 1. The highest BCUT2D eigenvalue weighted by molar-refractivity contribution is 6.51. The van der Waals surface area contributed by atoms with E-state index in [0.717, 1.165) is 5.56 Å². The molecule has 1 atom stereocenters. The summed E-state index contributed by atoms with van der Waals surface area (Å²) in [4.78, 5) is 28.1. The number of Topliss-reactive ketones (excluding diaryl/α,β-unsaturated/α-hetero) is 1. The molecule has 35 heavy (non-hydrogen) atoms. The van der Waals surface area contributed by atoms with E-state index in [-0.39, 0.29) is 32.3 Å². The van der Waals surface area contributed by atoms with Crippen LogP contribution in [0.25, 0.3) is 5.76 Å². The van der Waals surface area contributed by atoms with E-state index in [1.165, 1.54) is 24.1 Å². The van der Waals surface area contributed by atoms with Crippen molar-refractivity contribution in [2.75, 3.05) is 12.0 Å². The van der Waals surface area contributed by atoms with Gasteiger partial charge in [0.15, 0.2) is 0 Å². The third-order valence-electron chi connectivity index (χ3n) is 6.04. The highest BCUT2D eigenvalue weighted by Crippen LogP contribution is 2.45. The maximum Gasteiger partial charge on any atom is 0.300 e. The van der Waals surface area contributed by atoms with Crippen LogP contribution in [0, 0.1) is 0 Å². The molecule has 4 rings (SSSR count). The Morgan fingerprint density at radius 3 is 2.17 bits per heavy atom. The molecule has 0 saturated carbocycles. The van der Waals surface area contributed by atoms with Gasteiger partial charge in [-0.05, 0) is 40.8 Å². The van der Waals surface area contributed by atoms with Gasteiger partial charge in [0, 0.05) is 10.7 Å². The molecule has 1 fully saturated rings. The zero-order chi connectivity index (χ0) is 25.5. The van der Waals surface area contributed by atoms with Crippen LogP contribution in [0.5, 0.6) is 5.75 Å². The van der Waals surface area contributed by atoms with Crippen LogP contribution in [0.3, 0.4) is 0 Å². The molecule has 1 unspecified atom stereocenters. The van der Waals surface area contributed by atoms with Crippen molar-refractivity contribution in [2.24, 2.45) is 0 Å². The van der Waals surface area contributed by atoms with Gasteiger partial charge in [-0.15, -0.1) is 0 Å². The molecule has 7 heteroatoms. The van der Waals surface area contributed by atoms with E-state index in [4.69, 9.17) is 27.9 Å². The maximum atomic E-state index is 13.4. The number of methoxy groups -OCH3 is 1. The first-order valence-corrected chi connectivity index (χ1v) is 11.8. The van der Waals surface area contributed by atoms with Gasteiger partial charge in [0.2, 0.25) is 0 Å². The molecule has 0 spiro atoms. The van der Waals surface area contributed by atoms with Gasteiger partial charge in [-0.25, -0.2) is 0 Å². The van der Waals surface area contributed by atoms with Crippen LogP contribution < -0.4 is 9.64 Å². The summed E-state index contributed by atoms with van der Waals surface area (Å²) in [6.45, 7) is 6.31. The molecule has 1 saturated heterocycles. The van der Waals surface area contributed by atoms with Crippen LogP contribution in [0.15, 0.2) is 72.3 Å². The number of benzene rings is 3. The normalized spacial score (nSPS) is 17.7. The first kappa shape index (κ1) is 24.8. The lowest BCUT2D eigenvalue weighted by Gasteiger charge is -2.26. The van der Waals surface area contributed by atoms with Crippen LogP contribution in [0.4, 0.5) is 5.69 Å². The summed E-state index contributed by atoms with van der Waals surface area (Å²) in [5.74, 6) is -1.81. The van der Waals surface area contributed by atoms with Crippen molar-refractivity contribution >= 4 is 46.3 Å². The molecule has 0 bridgehead atoms. The predicted octanol–water partition coefficient (Wildman–Crippen LogP) is 6.93. The minimum atomic E-state index is -0.867. The molecular formula is C28H25Cl2NO4. The van der Waals surface area contributed by atoms with Gasteiger partial charge in [-0.2, -0.15) is 0 Å². The summed E-state index contributed by atoms with van der Waals surface area (Å²) in [6, 6.07) is 18.7. The molecule has 1 aliphatic rings. The fraction of sp³-hybridized carbons (Fsp3) is 0.214. The topological polar surface area (TPSA) is 66.8 Å². The fourth-order valence-electron chi connectivity index (χ4n) is 4.26. The van der Waals surface area contributed by atoms with Crippen molar-refractivity contribution in [3.63, 3.8) is 0 Å². The van der Waals surface area contributed by atoms with Crippen LogP contribution in [-0.4, -0.2) is 23.9 Å². The number of ether oxygens (including phenoxy) is 1. The van der Waals surface area contributed by atoms with E-state index in [1.54, 1.807) is 24.3 Å². The Kier molecular flexibility index (Phi) is 6.67. The van der Waals surface area contributed by atoms with Crippen molar-refractivity contribution in [3.8, 4) is 5.75 Å². The van der Waals surface area contributed by atoms with Gasteiger partial charge in [0.05, 0.1) is 29.3 Å². The van der Waals surface area contributed by atoms with E-state index in [1.807, 2.05) is 30.3 Å². The second-order valence-corrected chi connectivity index (χ2v) is 10.2. The molecule has 0 aromatic heterocycles. The monoisotopic (exact) mass is 509 g/mol. The Morgan fingerprint density at radius 2 is 1.60 bits per heavy atom. The van der Waals surface area contributed by atoms with Crippen molar-refractivity contribution in [3.05, 3.63) is 99.0 Å². The van der Waals surface area contributed by atoms with Crippen molar-refractivity contribution < 1.29 is 19.4 Å². The minimum absolute atomic E-state index is 0.0704. The Morgan fingerprint density at radius 1 is 0.971 bits per heavy atom. The quantitative estimate of drug-likeness (QED) is 0.235. The number of carbonyl (C=O) groups excluding carboxylic acids is 2. The molecule has 1 heterocycles. The summed E-state index contributed by atoms with van der Waals surface area (Å²) in [7, 11) is 1.40. The number of para-hydroxylation sites is 1. The third kappa shape index (κ3) is 4.54. The lowest BCUT2D eigenvalue weighted by atomic mass is 9.85. The molecule has 1 N–H and O–H groups in total. The number of hydrogen-bond donors (Lipinski definition) is 1. The number of hydrogen-bond acceptors (Lipinski definition) is 4. The Hall–Kier alpha value is -3.28. The number of halogens is 2. The van der Waals surface area contributed by atoms with Gasteiger partial charge in [0.25, 0.3) is 11.7 Å². The SMILES string of the molecule is COc1c(Cl)cc(Cl)cc1/C(O)=C1\C(=O)C(=O)N(c2ccccc2)C1c1ccc(C(C)(C)C)cc1. The lowest BCUT2D eigenvalue weighted by molar-refractivity contribution is -0.132. The van der Waals surface area contributed by atoms with Crippen LogP contribution in [-0.2, 0) is 15.0 Å². The average Bonchev–Trinajstić information content (AvgIpc) is 3.08. The van der Waals surface area contributed by atoms with E-state index >= 15 is 0 Å². The Bertz CT molecular complexity index is 1330. The number of carbonyl (C=O) groups is 2. The van der Waals surface area contributed by atoms with E-state index in [0.29, 0.717) is 11.3 Å². The lowest BCUT2D eigenvalue weighted by Crippen LogP contribution is -2.29. The minimum Gasteiger partial charge on any atom is -0.507 e. The molecule has 1 aliphatic heterocycles. The second kappa shape index (κ2) is 9.40. The summed E-state index contributed by atoms with van der Waals surface area (Å²) >= 11 is 12.5. The number of aliphatic hydroxyl groups is 1. The van der Waals surface area contributed by atoms with E-state index < -0.39 is 23.5 Å². The van der Waals surface area contributed by atoms with Crippen molar-refractivity contribution in [1.82, 2.24) is 0 Å².